The number of pyridine rings is 2. The van der Waals surface area contributed by atoms with Gasteiger partial charge in [0.1, 0.15) is 11.3 Å². The number of aryl methyl sites for hydroxylation is 1. The lowest BCUT2D eigenvalue weighted by Gasteiger charge is -2.29. The SMILES string of the molecule is COC(=O)C1=C(N)Oc2cc(C)n(Cc3cccnc3)c(=O)c2C1c1ccc(Cl)cc1. The zero-order valence-corrected chi connectivity index (χ0v) is 17.7. The Labute approximate surface area is 183 Å². The van der Waals surface area contributed by atoms with Crippen LogP contribution in [0.4, 0.5) is 0 Å². The molecule has 0 saturated carbocycles. The number of methoxy groups -OCH3 is 1. The summed E-state index contributed by atoms with van der Waals surface area (Å²) >= 11 is 6.05. The third-order valence-electron chi connectivity index (χ3n) is 5.24. The molecule has 0 saturated heterocycles. The van der Waals surface area contributed by atoms with Gasteiger partial charge in [-0.15, -0.1) is 0 Å². The first-order valence-corrected chi connectivity index (χ1v) is 9.93. The van der Waals surface area contributed by atoms with Crippen molar-refractivity contribution >= 4 is 17.6 Å². The number of carbonyl (C=O) groups excluding carboxylic acids is 1. The molecule has 0 bridgehead atoms. The van der Waals surface area contributed by atoms with Gasteiger partial charge in [0.05, 0.1) is 25.1 Å². The van der Waals surface area contributed by atoms with Crippen LogP contribution < -0.4 is 16.0 Å². The molecule has 0 fully saturated rings. The Morgan fingerprint density at radius 3 is 2.68 bits per heavy atom. The van der Waals surface area contributed by atoms with Crippen molar-refractivity contribution in [1.29, 1.82) is 0 Å². The Bertz CT molecular complexity index is 1230. The summed E-state index contributed by atoms with van der Waals surface area (Å²) in [5.74, 6) is -1.21. The molecule has 3 aromatic rings. The molecule has 8 heteroatoms. The van der Waals surface area contributed by atoms with Gasteiger partial charge < -0.3 is 19.8 Å². The van der Waals surface area contributed by atoms with E-state index >= 15 is 0 Å². The van der Waals surface area contributed by atoms with Gasteiger partial charge in [-0.2, -0.15) is 0 Å². The number of carbonyl (C=O) groups is 1. The maximum Gasteiger partial charge on any atom is 0.340 e. The van der Waals surface area contributed by atoms with Crippen LogP contribution in [0.3, 0.4) is 0 Å². The summed E-state index contributed by atoms with van der Waals surface area (Å²) in [6, 6.07) is 12.3. The highest BCUT2D eigenvalue weighted by Gasteiger charge is 2.38. The Morgan fingerprint density at radius 2 is 2.03 bits per heavy atom. The van der Waals surface area contributed by atoms with E-state index in [1.54, 1.807) is 47.3 Å². The Kier molecular flexibility index (Phi) is 5.52. The van der Waals surface area contributed by atoms with Gasteiger partial charge in [-0.25, -0.2) is 4.79 Å². The molecular weight excluding hydrogens is 418 g/mol. The minimum atomic E-state index is -0.762. The summed E-state index contributed by atoms with van der Waals surface area (Å²) in [5, 5.41) is 0.533. The van der Waals surface area contributed by atoms with E-state index in [0.717, 1.165) is 5.56 Å². The van der Waals surface area contributed by atoms with Crippen LogP contribution in [0.15, 0.2) is 71.1 Å². The van der Waals surface area contributed by atoms with Gasteiger partial charge >= 0.3 is 5.97 Å². The molecular formula is C23H20ClN3O4. The maximum absolute atomic E-state index is 13.7. The van der Waals surface area contributed by atoms with E-state index in [1.165, 1.54) is 7.11 Å². The highest BCUT2D eigenvalue weighted by atomic mass is 35.5. The van der Waals surface area contributed by atoms with Crippen LogP contribution in [0, 0.1) is 6.92 Å². The molecule has 1 aliphatic heterocycles. The number of ether oxygens (including phenoxy) is 2. The van der Waals surface area contributed by atoms with Crippen LogP contribution in [0.5, 0.6) is 5.75 Å². The Hall–Kier alpha value is -3.58. The molecule has 2 aromatic heterocycles. The average Bonchev–Trinajstić information content (AvgIpc) is 2.76. The first kappa shape index (κ1) is 20.7. The van der Waals surface area contributed by atoms with E-state index in [2.05, 4.69) is 4.98 Å². The highest BCUT2D eigenvalue weighted by Crippen LogP contribution is 2.41. The van der Waals surface area contributed by atoms with Gasteiger partial charge in [-0.1, -0.05) is 29.8 Å². The molecule has 0 aliphatic carbocycles. The predicted octanol–water partition coefficient (Wildman–Crippen LogP) is 3.12. The molecule has 1 atom stereocenters. The monoisotopic (exact) mass is 437 g/mol. The number of esters is 1. The van der Waals surface area contributed by atoms with Gasteiger partial charge in [0.25, 0.3) is 5.56 Å². The van der Waals surface area contributed by atoms with Gasteiger partial charge in [0, 0.05) is 29.2 Å². The van der Waals surface area contributed by atoms with Gasteiger partial charge in [-0.3, -0.25) is 9.78 Å². The van der Waals surface area contributed by atoms with Crippen LogP contribution in [0.25, 0.3) is 0 Å². The highest BCUT2D eigenvalue weighted by molar-refractivity contribution is 6.30. The molecule has 4 rings (SSSR count). The predicted molar refractivity (Wildman–Crippen MR) is 116 cm³/mol. The standard InChI is InChI=1S/C23H20ClN3O4/c1-13-10-17-19(22(28)27(13)12-14-4-3-9-26-11-14)18(15-5-7-16(24)8-6-15)20(21(25)31-17)23(29)30-2/h3-11,18H,12,25H2,1-2H3. The van der Waals surface area contributed by atoms with E-state index in [1.807, 2.05) is 19.1 Å². The quantitative estimate of drug-likeness (QED) is 0.630. The van der Waals surface area contributed by atoms with Crippen LogP contribution in [0.2, 0.25) is 5.02 Å². The van der Waals surface area contributed by atoms with Crippen molar-refractivity contribution in [2.45, 2.75) is 19.4 Å². The number of hydrogen-bond donors (Lipinski definition) is 1. The van der Waals surface area contributed by atoms with Crippen molar-refractivity contribution in [2.24, 2.45) is 5.73 Å². The van der Waals surface area contributed by atoms with E-state index in [-0.39, 0.29) is 17.0 Å². The topological polar surface area (TPSA) is 96.4 Å². The normalized spacial score (nSPS) is 15.3. The van der Waals surface area contributed by atoms with Crippen LogP contribution in [-0.2, 0) is 16.1 Å². The number of aromatic nitrogens is 2. The third kappa shape index (κ3) is 3.80. The molecule has 0 radical (unpaired) electrons. The van der Waals surface area contributed by atoms with Gasteiger partial charge in [0.15, 0.2) is 0 Å². The second kappa shape index (κ2) is 8.28. The van der Waals surface area contributed by atoms with Crippen LogP contribution in [-0.4, -0.2) is 22.6 Å². The molecule has 31 heavy (non-hydrogen) atoms. The number of nitrogens with zero attached hydrogens (tertiary/aromatic N) is 2. The number of rotatable bonds is 4. The lowest BCUT2D eigenvalue weighted by atomic mass is 9.83. The summed E-state index contributed by atoms with van der Waals surface area (Å²) in [5.41, 5.74) is 8.44. The van der Waals surface area contributed by atoms with Crippen molar-refractivity contribution in [1.82, 2.24) is 9.55 Å². The second-order valence-electron chi connectivity index (χ2n) is 7.17. The third-order valence-corrected chi connectivity index (χ3v) is 5.49. The summed E-state index contributed by atoms with van der Waals surface area (Å²) in [4.78, 5) is 30.4. The number of benzene rings is 1. The zero-order valence-electron chi connectivity index (χ0n) is 17.0. The average molecular weight is 438 g/mol. The van der Waals surface area contributed by atoms with Crippen molar-refractivity contribution in [3.8, 4) is 5.75 Å². The maximum atomic E-state index is 13.7. The fourth-order valence-electron chi connectivity index (χ4n) is 3.75. The largest absolute Gasteiger partial charge is 0.465 e. The van der Waals surface area contributed by atoms with Crippen LogP contribution in [0.1, 0.15) is 28.3 Å². The fourth-order valence-corrected chi connectivity index (χ4v) is 3.88. The first-order valence-electron chi connectivity index (χ1n) is 9.55. The molecule has 7 nitrogen and oxygen atoms in total. The number of hydrogen-bond acceptors (Lipinski definition) is 6. The lowest BCUT2D eigenvalue weighted by molar-refractivity contribution is -0.136. The van der Waals surface area contributed by atoms with Crippen LogP contribution >= 0.6 is 11.6 Å². The summed E-state index contributed by atoms with van der Waals surface area (Å²) in [6.45, 7) is 2.14. The lowest BCUT2D eigenvalue weighted by Crippen LogP contribution is -2.35. The summed E-state index contributed by atoms with van der Waals surface area (Å²) < 4.78 is 12.3. The van der Waals surface area contributed by atoms with Crippen molar-refractivity contribution in [3.63, 3.8) is 0 Å². The first-order chi connectivity index (χ1) is 14.9. The molecule has 158 valence electrons. The second-order valence-corrected chi connectivity index (χ2v) is 7.61. The van der Waals surface area contributed by atoms with Gasteiger partial charge in [-0.05, 0) is 36.2 Å². The number of halogens is 1. The smallest absolute Gasteiger partial charge is 0.340 e. The summed E-state index contributed by atoms with van der Waals surface area (Å²) in [7, 11) is 1.26. The van der Waals surface area contributed by atoms with Crippen molar-refractivity contribution in [2.75, 3.05) is 7.11 Å². The van der Waals surface area contributed by atoms with Gasteiger partial charge in [0.2, 0.25) is 5.88 Å². The molecule has 1 aliphatic rings. The van der Waals surface area contributed by atoms with E-state index in [4.69, 9.17) is 26.8 Å². The molecule has 3 heterocycles. The van der Waals surface area contributed by atoms with E-state index in [0.29, 0.717) is 34.1 Å². The molecule has 2 N–H and O–H groups in total. The van der Waals surface area contributed by atoms with Crippen molar-refractivity contribution < 1.29 is 14.3 Å². The fraction of sp³-hybridized carbons (Fsp3) is 0.174. The van der Waals surface area contributed by atoms with E-state index < -0.39 is 11.9 Å². The molecule has 0 amide bonds. The van der Waals surface area contributed by atoms with Crippen molar-refractivity contribution in [3.05, 3.63) is 104 Å². The zero-order chi connectivity index (χ0) is 22.1. The Balaban J connectivity index is 1.94. The minimum Gasteiger partial charge on any atom is -0.465 e. The number of fused-ring (bicyclic) bond motifs is 1. The minimum absolute atomic E-state index is 0.0752. The Morgan fingerprint density at radius 1 is 1.29 bits per heavy atom. The number of nitrogens with two attached hydrogens (primary N) is 1. The summed E-state index contributed by atoms with van der Waals surface area (Å²) in [6.07, 6.45) is 3.38. The molecule has 1 unspecified atom stereocenters. The molecule has 0 spiro atoms. The molecule has 1 aromatic carbocycles. The van der Waals surface area contributed by atoms with E-state index in [9.17, 15) is 9.59 Å².